The molecule has 5 heteroatoms. The van der Waals surface area contributed by atoms with Crippen LogP contribution in [0, 0.1) is 5.92 Å². The van der Waals surface area contributed by atoms with Gasteiger partial charge in [0.2, 0.25) is 5.91 Å². The van der Waals surface area contributed by atoms with E-state index in [1.54, 1.807) is 0 Å². The molecule has 0 spiro atoms. The smallest absolute Gasteiger partial charge is 0.320 e. The van der Waals surface area contributed by atoms with E-state index in [2.05, 4.69) is 24.5 Å². The Morgan fingerprint density at radius 2 is 1.75 bits per heavy atom. The van der Waals surface area contributed by atoms with Gasteiger partial charge in [-0.1, -0.05) is 40.0 Å². The Labute approximate surface area is 122 Å². The van der Waals surface area contributed by atoms with Crippen LogP contribution in [-0.4, -0.2) is 35.6 Å². The van der Waals surface area contributed by atoms with Crippen molar-refractivity contribution in [3.63, 3.8) is 0 Å². The fraction of sp³-hybridized carbons (Fsp3) is 0.867. The molecule has 1 amide bonds. The second kappa shape index (κ2) is 10.7. The molecule has 0 fully saturated rings. The third-order valence-corrected chi connectivity index (χ3v) is 3.21. The van der Waals surface area contributed by atoms with Gasteiger partial charge in [0.15, 0.2) is 0 Å². The van der Waals surface area contributed by atoms with Gasteiger partial charge in [-0.2, -0.15) is 0 Å². The molecule has 5 nitrogen and oxygen atoms in total. The van der Waals surface area contributed by atoms with E-state index in [-0.39, 0.29) is 18.5 Å². The fourth-order valence-electron chi connectivity index (χ4n) is 2.05. The number of hydrogen-bond donors (Lipinski definition) is 3. The molecule has 118 valence electrons. The first kappa shape index (κ1) is 18.9. The zero-order valence-corrected chi connectivity index (χ0v) is 13.2. The van der Waals surface area contributed by atoms with E-state index in [4.69, 9.17) is 5.11 Å². The van der Waals surface area contributed by atoms with Gasteiger partial charge < -0.3 is 10.4 Å². The predicted molar refractivity (Wildman–Crippen MR) is 80.6 cm³/mol. The van der Waals surface area contributed by atoms with Crippen LogP contribution in [0.25, 0.3) is 0 Å². The van der Waals surface area contributed by atoms with Crippen molar-refractivity contribution in [1.82, 2.24) is 10.6 Å². The Morgan fingerprint density at radius 3 is 2.25 bits per heavy atom. The highest BCUT2D eigenvalue weighted by Crippen LogP contribution is 2.08. The average molecular weight is 286 g/mol. The maximum absolute atomic E-state index is 11.7. The first-order chi connectivity index (χ1) is 9.36. The van der Waals surface area contributed by atoms with Gasteiger partial charge in [-0.25, -0.2) is 0 Å². The minimum absolute atomic E-state index is 0.0610. The number of rotatable bonds is 11. The number of carboxylic acids is 1. The van der Waals surface area contributed by atoms with E-state index in [0.717, 1.165) is 25.7 Å². The lowest BCUT2D eigenvalue weighted by Gasteiger charge is -2.17. The minimum atomic E-state index is -0.898. The van der Waals surface area contributed by atoms with Gasteiger partial charge in [0, 0.05) is 6.04 Å². The van der Waals surface area contributed by atoms with Gasteiger partial charge >= 0.3 is 5.97 Å². The average Bonchev–Trinajstić information content (AvgIpc) is 2.33. The number of hydrogen-bond acceptors (Lipinski definition) is 3. The van der Waals surface area contributed by atoms with E-state index < -0.39 is 12.0 Å². The van der Waals surface area contributed by atoms with Crippen LogP contribution in [-0.2, 0) is 9.59 Å². The topological polar surface area (TPSA) is 78.4 Å². The highest BCUT2D eigenvalue weighted by atomic mass is 16.4. The summed E-state index contributed by atoms with van der Waals surface area (Å²) < 4.78 is 0. The highest BCUT2D eigenvalue weighted by Gasteiger charge is 2.17. The summed E-state index contributed by atoms with van der Waals surface area (Å²) in [6, 6.07) is -0.500. The second-order valence-corrected chi connectivity index (χ2v) is 5.85. The first-order valence-electron chi connectivity index (χ1n) is 7.62. The molecule has 0 saturated heterocycles. The van der Waals surface area contributed by atoms with Crippen LogP contribution < -0.4 is 10.6 Å². The van der Waals surface area contributed by atoms with Gasteiger partial charge in [0.1, 0.15) is 6.04 Å². The Kier molecular flexibility index (Phi) is 10.1. The summed E-state index contributed by atoms with van der Waals surface area (Å²) in [5.74, 6) is -0.348. The summed E-state index contributed by atoms with van der Waals surface area (Å²) >= 11 is 0. The number of amides is 1. The molecule has 2 unspecified atom stereocenters. The molecule has 0 aromatic carbocycles. The standard InChI is InChI=1S/C15H30N2O3/c1-5-7-13(15(19)20)16-10-14(18)17-12(4)9-6-8-11(2)3/h11-13,16H,5-10H2,1-4H3,(H,17,18)(H,19,20). The van der Waals surface area contributed by atoms with Crippen molar-refractivity contribution >= 4 is 11.9 Å². The molecule has 2 atom stereocenters. The van der Waals surface area contributed by atoms with Crippen molar-refractivity contribution in [3.05, 3.63) is 0 Å². The second-order valence-electron chi connectivity index (χ2n) is 5.85. The number of carbonyl (C=O) groups excluding carboxylic acids is 1. The van der Waals surface area contributed by atoms with Crippen molar-refractivity contribution in [3.8, 4) is 0 Å². The number of carboxylic acid groups (broad SMARTS) is 1. The Hall–Kier alpha value is -1.10. The Bertz CT molecular complexity index is 293. The van der Waals surface area contributed by atoms with Crippen molar-refractivity contribution < 1.29 is 14.7 Å². The molecule has 0 radical (unpaired) electrons. The molecular weight excluding hydrogens is 256 g/mol. The lowest BCUT2D eigenvalue weighted by atomic mass is 10.0. The van der Waals surface area contributed by atoms with Gasteiger partial charge in [0.05, 0.1) is 6.54 Å². The molecule has 0 aliphatic heterocycles. The van der Waals surface area contributed by atoms with Crippen LogP contribution in [0.1, 0.15) is 59.8 Å². The summed E-state index contributed by atoms with van der Waals surface area (Å²) in [6.45, 7) is 8.35. The molecule has 0 bridgehead atoms. The largest absolute Gasteiger partial charge is 0.480 e. The fourth-order valence-corrected chi connectivity index (χ4v) is 2.05. The van der Waals surface area contributed by atoms with E-state index in [9.17, 15) is 9.59 Å². The molecule has 0 rings (SSSR count). The van der Waals surface area contributed by atoms with E-state index >= 15 is 0 Å². The summed E-state index contributed by atoms with van der Waals surface area (Å²) in [5.41, 5.74) is 0. The van der Waals surface area contributed by atoms with Crippen LogP contribution >= 0.6 is 0 Å². The summed E-state index contributed by atoms with van der Waals surface area (Å²) in [5, 5.41) is 14.7. The van der Waals surface area contributed by atoms with Gasteiger partial charge in [-0.15, -0.1) is 0 Å². The number of nitrogens with one attached hydrogen (secondary N) is 2. The Balaban J connectivity index is 3.88. The van der Waals surface area contributed by atoms with Crippen LogP contribution in [0.3, 0.4) is 0 Å². The quantitative estimate of drug-likeness (QED) is 0.544. The van der Waals surface area contributed by atoms with Crippen LogP contribution in [0.5, 0.6) is 0 Å². The zero-order chi connectivity index (χ0) is 15.5. The summed E-state index contributed by atoms with van der Waals surface area (Å²) in [4.78, 5) is 22.7. The molecule has 0 saturated carbocycles. The highest BCUT2D eigenvalue weighted by molar-refractivity contribution is 5.80. The lowest BCUT2D eigenvalue weighted by Crippen LogP contribution is -2.45. The molecule has 0 heterocycles. The molecule has 20 heavy (non-hydrogen) atoms. The van der Waals surface area contributed by atoms with Crippen molar-refractivity contribution in [2.24, 2.45) is 5.92 Å². The third kappa shape index (κ3) is 9.78. The molecule has 0 aliphatic rings. The molecular formula is C15H30N2O3. The summed E-state index contributed by atoms with van der Waals surface area (Å²) in [6.07, 6.45) is 4.53. The maximum Gasteiger partial charge on any atom is 0.320 e. The monoisotopic (exact) mass is 286 g/mol. The van der Waals surface area contributed by atoms with Crippen molar-refractivity contribution in [2.75, 3.05) is 6.54 Å². The first-order valence-corrected chi connectivity index (χ1v) is 7.62. The van der Waals surface area contributed by atoms with E-state index in [1.807, 2.05) is 13.8 Å². The summed E-state index contributed by atoms with van der Waals surface area (Å²) in [7, 11) is 0. The minimum Gasteiger partial charge on any atom is -0.480 e. The van der Waals surface area contributed by atoms with Crippen LogP contribution in [0.2, 0.25) is 0 Å². The van der Waals surface area contributed by atoms with E-state index in [0.29, 0.717) is 12.3 Å². The zero-order valence-electron chi connectivity index (χ0n) is 13.2. The van der Waals surface area contributed by atoms with Gasteiger partial charge in [0.25, 0.3) is 0 Å². The lowest BCUT2D eigenvalue weighted by molar-refractivity contribution is -0.139. The molecule has 3 N–H and O–H groups in total. The molecule has 0 aliphatic carbocycles. The van der Waals surface area contributed by atoms with Crippen LogP contribution in [0.15, 0.2) is 0 Å². The SMILES string of the molecule is CCCC(NCC(=O)NC(C)CCCC(C)C)C(=O)O. The van der Waals surface area contributed by atoms with Gasteiger partial charge in [-0.05, 0) is 25.7 Å². The number of carbonyl (C=O) groups is 2. The number of aliphatic carboxylic acids is 1. The predicted octanol–water partition coefficient (Wildman–Crippen LogP) is 2.16. The van der Waals surface area contributed by atoms with Crippen molar-refractivity contribution in [2.45, 2.75) is 71.9 Å². The van der Waals surface area contributed by atoms with E-state index in [1.165, 1.54) is 0 Å². The third-order valence-electron chi connectivity index (χ3n) is 3.21. The van der Waals surface area contributed by atoms with Gasteiger partial charge in [-0.3, -0.25) is 14.9 Å². The normalized spacial score (nSPS) is 14.1. The van der Waals surface area contributed by atoms with Crippen molar-refractivity contribution in [1.29, 1.82) is 0 Å². The molecule has 0 aromatic rings. The maximum atomic E-state index is 11.7. The molecule has 0 aromatic heterocycles. The van der Waals surface area contributed by atoms with Crippen LogP contribution in [0.4, 0.5) is 0 Å². The Morgan fingerprint density at radius 1 is 1.10 bits per heavy atom.